The number of nitrogens with zero attached hydrogens (tertiary/aromatic N) is 1. The van der Waals surface area contributed by atoms with E-state index in [2.05, 4.69) is 5.32 Å². The molecule has 0 aromatic heterocycles. The molecule has 0 aliphatic rings. The Hall–Kier alpha value is -3.02. The molecule has 0 saturated heterocycles. The summed E-state index contributed by atoms with van der Waals surface area (Å²) in [6.07, 6.45) is 0.786. The molecule has 0 radical (unpaired) electrons. The van der Waals surface area contributed by atoms with Gasteiger partial charge in [-0.15, -0.1) is 0 Å². The lowest BCUT2D eigenvalue weighted by Crippen LogP contribution is -2.28. The average molecular weight is 370 g/mol. The first-order valence-corrected chi connectivity index (χ1v) is 8.79. The van der Waals surface area contributed by atoms with Crippen molar-refractivity contribution in [2.45, 2.75) is 19.4 Å². The lowest BCUT2D eigenvalue weighted by molar-refractivity contribution is -0.148. The summed E-state index contributed by atoms with van der Waals surface area (Å²) in [5.74, 6) is 0.0649. The second kappa shape index (κ2) is 10.2. The largest absolute Gasteiger partial charge is 0.497 e. The molecule has 0 bridgehead atoms. The Morgan fingerprint density at radius 1 is 0.963 bits per heavy atom. The number of aryl methyl sites for hydroxylation is 1. The van der Waals surface area contributed by atoms with E-state index < -0.39 is 5.97 Å². The third-order valence-electron chi connectivity index (χ3n) is 4.08. The Morgan fingerprint density at radius 2 is 1.59 bits per heavy atom. The number of amides is 1. The molecule has 6 nitrogen and oxygen atoms in total. The van der Waals surface area contributed by atoms with E-state index in [0.717, 1.165) is 22.6 Å². The van der Waals surface area contributed by atoms with Crippen molar-refractivity contribution in [2.24, 2.45) is 0 Å². The number of methoxy groups -OCH3 is 1. The molecule has 27 heavy (non-hydrogen) atoms. The number of hydrogen-bond acceptors (Lipinski definition) is 5. The molecule has 1 N–H and O–H groups in total. The van der Waals surface area contributed by atoms with E-state index in [0.29, 0.717) is 13.0 Å². The molecule has 0 atom stereocenters. The first kappa shape index (κ1) is 20.3. The predicted octanol–water partition coefficient (Wildman–Crippen LogP) is 2.55. The number of rotatable bonds is 9. The molecule has 0 spiro atoms. The fraction of sp³-hybridized carbons (Fsp3) is 0.333. The summed E-state index contributed by atoms with van der Waals surface area (Å²) in [7, 11) is 5.55. The maximum absolute atomic E-state index is 11.8. The van der Waals surface area contributed by atoms with Crippen LogP contribution in [-0.2, 0) is 27.3 Å². The van der Waals surface area contributed by atoms with E-state index in [1.165, 1.54) is 0 Å². The summed E-state index contributed by atoms with van der Waals surface area (Å²) in [6, 6.07) is 15.4. The van der Waals surface area contributed by atoms with E-state index >= 15 is 0 Å². The Bertz CT molecular complexity index is 740. The van der Waals surface area contributed by atoms with Gasteiger partial charge < -0.3 is 19.7 Å². The van der Waals surface area contributed by atoms with Crippen LogP contribution in [0.1, 0.15) is 17.5 Å². The molecule has 0 aliphatic heterocycles. The van der Waals surface area contributed by atoms with Crippen LogP contribution in [0.4, 0.5) is 5.69 Å². The number of carbonyl (C=O) groups is 2. The second-order valence-corrected chi connectivity index (χ2v) is 6.35. The van der Waals surface area contributed by atoms with Crippen LogP contribution in [0.5, 0.6) is 5.75 Å². The summed E-state index contributed by atoms with van der Waals surface area (Å²) in [6.45, 7) is 0.132. The summed E-state index contributed by atoms with van der Waals surface area (Å²) in [5.41, 5.74) is 3.09. The number of esters is 1. The Kier molecular flexibility index (Phi) is 7.67. The van der Waals surface area contributed by atoms with E-state index in [9.17, 15) is 9.59 Å². The molecule has 2 rings (SSSR count). The zero-order chi connectivity index (χ0) is 19.6. The van der Waals surface area contributed by atoms with Crippen molar-refractivity contribution in [3.05, 3.63) is 59.7 Å². The van der Waals surface area contributed by atoms with Crippen LogP contribution in [0, 0.1) is 0 Å². The lowest BCUT2D eigenvalue weighted by Gasteiger charge is -2.13. The molecule has 2 aromatic carbocycles. The highest BCUT2D eigenvalue weighted by atomic mass is 16.5. The highest BCUT2D eigenvalue weighted by molar-refractivity contribution is 5.80. The molecule has 0 unspecified atom stereocenters. The molecule has 144 valence electrons. The average Bonchev–Trinajstić information content (AvgIpc) is 2.69. The van der Waals surface area contributed by atoms with Gasteiger partial charge in [-0.25, -0.2) is 0 Å². The fourth-order valence-corrected chi connectivity index (χ4v) is 2.42. The number of ether oxygens (including phenoxy) is 2. The maximum atomic E-state index is 11.8. The standard InChI is InChI=1S/C21H26N2O4/c1-23(2)18-9-4-17(5-10-18)14-22-20(24)15-27-21(25)13-8-16-6-11-19(26-3)12-7-16/h4-7,9-12H,8,13-15H2,1-3H3,(H,22,24). The van der Waals surface area contributed by atoms with Gasteiger partial charge in [-0.3, -0.25) is 9.59 Å². The van der Waals surface area contributed by atoms with Crippen LogP contribution in [0.3, 0.4) is 0 Å². The molecule has 6 heteroatoms. The Morgan fingerprint density at radius 3 is 2.19 bits per heavy atom. The van der Waals surface area contributed by atoms with Gasteiger partial charge in [0.25, 0.3) is 5.91 Å². The van der Waals surface area contributed by atoms with Crippen LogP contribution in [0.15, 0.2) is 48.5 Å². The maximum Gasteiger partial charge on any atom is 0.306 e. The molecule has 0 aliphatic carbocycles. The van der Waals surface area contributed by atoms with Crippen LogP contribution in [0.25, 0.3) is 0 Å². The monoisotopic (exact) mass is 370 g/mol. The minimum absolute atomic E-state index is 0.228. The van der Waals surface area contributed by atoms with Crippen LogP contribution in [-0.4, -0.2) is 39.7 Å². The summed E-state index contributed by atoms with van der Waals surface area (Å²) < 4.78 is 10.1. The van der Waals surface area contributed by atoms with E-state index in [1.807, 2.05) is 67.5 Å². The van der Waals surface area contributed by atoms with Crippen LogP contribution in [0.2, 0.25) is 0 Å². The normalized spacial score (nSPS) is 10.2. The molecule has 1 amide bonds. The Balaban J connectivity index is 1.66. The highest BCUT2D eigenvalue weighted by Crippen LogP contribution is 2.13. The van der Waals surface area contributed by atoms with Gasteiger partial charge in [0.15, 0.2) is 6.61 Å². The van der Waals surface area contributed by atoms with Crippen molar-refractivity contribution in [1.29, 1.82) is 0 Å². The first-order valence-electron chi connectivity index (χ1n) is 8.79. The number of anilines is 1. The van der Waals surface area contributed by atoms with Gasteiger partial charge in [0, 0.05) is 32.7 Å². The number of hydrogen-bond donors (Lipinski definition) is 1. The summed E-state index contributed by atoms with van der Waals surface area (Å²) in [5, 5.41) is 2.75. The third-order valence-corrected chi connectivity index (χ3v) is 4.08. The van der Waals surface area contributed by atoms with Crippen molar-refractivity contribution in [2.75, 3.05) is 32.7 Å². The topological polar surface area (TPSA) is 67.9 Å². The number of benzene rings is 2. The molecular weight excluding hydrogens is 344 g/mol. The number of nitrogens with one attached hydrogen (secondary N) is 1. The zero-order valence-corrected chi connectivity index (χ0v) is 16.0. The van der Waals surface area contributed by atoms with Gasteiger partial charge in [0.1, 0.15) is 5.75 Å². The van der Waals surface area contributed by atoms with E-state index in [-0.39, 0.29) is 18.9 Å². The van der Waals surface area contributed by atoms with E-state index in [1.54, 1.807) is 7.11 Å². The zero-order valence-electron chi connectivity index (χ0n) is 16.0. The SMILES string of the molecule is COc1ccc(CCC(=O)OCC(=O)NCc2ccc(N(C)C)cc2)cc1. The first-order chi connectivity index (χ1) is 13.0. The smallest absolute Gasteiger partial charge is 0.306 e. The third kappa shape index (κ3) is 7.01. The minimum atomic E-state index is -0.392. The van der Waals surface area contributed by atoms with Crippen LogP contribution >= 0.6 is 0 Å². The lowest BCUT2D eigenvalue weighted by atomic mass is 10.1. The van der Waals surface area contributed by atoms with Gasteiger partial charge in [-0.2, -0.15) is 0 Å². The number of carbonyl (C=O) groups excluding carboxylic acids is 2. The van der Waals surface area contributed by atoms with Crippen LogP contribution < -0.4 is 15.0 Å². The molecule has 0 fully saturated rings. The van der Waals surface area contributed by atoms with E-state index in [4.69, 9.17) is 9.47 Å². The second-order valence-electron chi connectivity index (χ2n) is 6.35. The Labute approximate surface area is 160 Å². The fourth-order valence-electron chi connectivity index (χ4n) is 2.42. The van der Waals surface area contributed by atoms with Gasteiger partial charge in [-0.05, 0) is 41.8 Å². The summed E-state index contributed by atoms with van der Waals surface area (Å²) >= 11 is 0. The van der Waals surface area contributed by atoms with Gasteiger partial charge in [0.2, 0.25) is 0 Å². The van der Waals surface area contributed by atoms with Crippen molar-refractivity contribution < 1.29 is 19.1 Å². The minimum Gasteiger partial charge on any atom is -0.497 e. The quantitative estimate of drug-likeness (QED) is 0.687. The van der Waals surface area contributed by atoms with Crippen molar-refractivity contribution in [1.82, 2.24) is 5.32 Å². The van der Waals surface area contributed by atoms with Crippen molar-refractivity contribution in [3.63, 3.8) is 0 Å². The predicted molar refractivity (Wildman–Crippen MR) is 105 cm³/mol. The highest BCUT2D eigenvalue weighted by Gasteiger charge is 2.08. The molecule has 0 saturated carbocycles. The molecule has 0 heterocycles. The summed E-state index contributed by atoms with van der Waals surface area (Å²) in [4.78, 5) is 25.6. The van der Waals surface area contributed by atoms with Gasteiger partial charge in [0.05, 0.1) is 7.11 Å². The van der Waals surface area contributed by atoms with Crippen molar-refractivity contribution >= 4 is 17.6 Å². The molecule has 2 aromatic rings. The van der Waals surface area contributed by atoms with Gasteiger partial charge >= 0.3 is 5.97 Å². The van der Waals surface area contributed by atoms with Crippen molar-refractivity contribution in [3.8, 4) is 5.75 Å². The molecular formula is C21H26N2O4. The van der Waals surface area contributed by atoms with Gasteiger partial charge in [-0.1, -0.05) is 24.3 Å².